The Morgan fingerprint density at radius 1 is 1.12 bits per heavy atom. The Balaban J connectivity index is 1.36. The highest BCUT2D eigenvalue weighted by Crippen LogP contribution is 2.45. The molecule has 0 spiro atoms. The minimum Gasteiger partial charge on any atom is -0.479 e. The number of rotatable bonds is 4. The van der Waals surface area contributed by atoms with E-state index in [0.29, 0.717) is 32.4 Å². The normalized spacial score (nSPS) is 28.4. The number of amides is 4. The predicted molar refractivity (Wildman–Crippen MR) is 177 cm³/mol. The van der Waals surface area contributed by atoms with E-state index >= 15 is 0 Å². The van der Waals surface area contributed by atoms with E-state index in [2.05, 4.69) is 10.6 Å². The van der Waals surface area contributed by atoms with Gasteiger partial charge in [-0.2, -0.15) is 0 Å². The first kappa shape index (κ1) is 35.0. The molecule has 48 heavy (non-hydrogen) atoms. The van der Waals surface area contributed by atoms with Gasteiger partial charge in [-0.15, -0.1) is 0 Å². The van der Waals surface area contributed by atoms with Crippen molar-refractivity contribution in [2.75, 3.05) is 32.1 Å². The van der Waals surface area contributed by atoms with E-state index in [1.165, 1.54) is 10.5 Å². The van der Waals surface area contributed by atoms with Gasteiger partial charge in [0.1, 0.15) is 29.3 Å². The third-order valence-corrected chi connectivity index (χ3v) is 9.56. The number of carbonyl (C=O) groups is 5. The Morgan fingerprint density at radius 3 is 2.60 bits per heavy atom. The number of ether oxygens (including phenoxy) is 2. The number of carboxylic acids is 1. The van der Waals surface area contributed by atoms with Crippen LogP contribution in [0.4, 0.5) is 15.3 Å². The van der Waals surface area contributed by atoms with E-state index in [1.54, 1.807) is 25.7 Å². The first-order valence-electron chi connectivity index (χ1n) is 16.9. The first-order valence-corrected chi connectivity index (χ1v) is 16.9. The minimum absolute atomic E-state index is 0.00607. The number of allylic oxidation sites excluding steroid dienone is 1. The summed E-state index contributed by atoms with van der Waals surface area (Å²) in [7, 11) is 3.97. The molecule has 13 nitrogen and oxygen atoms in total. The molecule has 4 aliphatic rings. The highest BCUT2D eigenvalue weighted by atomic mass is 16.6. The van der Waals surface area contributed by atoms with Crippen molar-refractivity contribution >= 4 is 35.7 Å². The molecule has 0 bridgehead atoms. The lowest BCUT2D eigenvalue weighted by Crippen LogP contribution is -2.56. The second-order valence-electron chi connectivity index (χ2n) is 14.6. The van der Waals surface area contributed by atoms with Crippen LogP contribution in [0, 0.1) is 5.92 Å². The van der Waals surface area contributed by atoms with Crippen molar-refractivity contribution in [2.45, 2.75) is 108 Å². The molecular weight excluding hydrogens is 618 g/mol. The Hall–Kier alpha value is -4.29. The van der Waals surface area contributed by atoms with Crippen LogP contribution in [0.25, 0.3) is 0 Å². The van der Waals surface area contributed by atoms with Crippen molar-refractivity contribution in [3.8, 4) is 0 Å². The van der Waals surface area contributed by atoms with Gasteiger partial charge in [0.25, 0.3) is 0 Å². The summed E-state index contributed by atoms with van der Waals surface area (Å²) >= 11 is 0. The number of hydrogen-bond acceptors (Lipinski definition) is 8. The quantitative estimate of drug-likeness (QED) is 0.408. The molecule has 3 heterocycles. The molecule has 1 aromatic carbocycles. The van der Waals surface area contributed by atoms with Gasteiger partial charge < -0.3 is 39.9 Å². The molecule has 262 valence electrons. The molecule has 3 aliphatic heterocycles. The van der Waals surface area contributed by atoms with E-state index in [-0.39, 0.29) is 25.3 Å². The van der Waals surface area contributed by atoms with E-state index in [1.807, 2.05) is 49.3 Å². The number of hydrogen-bond donors (Lipinski definition) is 3. The van der Waals surface area contributed by atoms with E-state index in [4.69, 9.17) is 9.47 Å². The van der Waals surface area contributed by atoms with Gasteiger partial charge >= 0.3 is 18.2 Å². The van der Waals surface area contributed by atoms with Crippen molar-refractivity contribution in [3.63, 3.8) is 0 Å². The van der Waals surface area contributed by atoms with Crippen LogP contribution >= 0.6 is 0 Å². The fraction of sp³-hybridized carbons (Fsp3) is 0.629. The van der Waals surface area contributed by atoms with Gasteiger partial charge in [-0.1, -0.05) is 37.1 Å². The first-order chi connectivity index (χ1) is 22.7. The van der Waals surface area contributed by atoms with Gasteiger partial charge in [0.15, 0.2) is 0 Å². The summed E-state index contributed by atoms with van der Waals surface area (Å²) in [4.78, 5) is 71.6. The average Bonchev–Trinajstić information content (AvgIpc) is 3.55. The molecule has 1 saturated carbocycles. The summed E-state index contributed by atoms with van der Waals surface area (Å²) < 4.78 is 11.4. The summed E-state index contributed by atoms with van der Waals surface area (Å²) in [5.74, 6) is -2.64. The fourth-order valence-electron chi connectivity index (χ4n) is 6.98. The highest BCUT2D eigenvalue weighted by Gasteiger charge is 2.61. The van der Waals surface area contributed by atoms with Crippen LogP contribution in [-0.2, 0) is 36.8 Å². The SMILES string of the molecule is CN(C)c1cccc2c1CCN(C(=O)O[C@@H]1C[C@H]3C(=O)N[C@]4(C(=O)O)C[C@H]4/C=C/CCCCC[C@H](NC(=O)OC(C)(C)C)C(=O)N3C1)C2. The third kappa shape index (κ3) is 7.87. The molecule has 1 aliphatic carbocycles. The molecule has 0 radical (unpaired) electrons. The maximum atomic E-state index is 14.2. The zero-order valence-corrected chi connectivity index (χ0v) is 28.6. The topological polar surface area (TPSA) is 158 Å². The standard InChI is InChI=1S/C35H49N5O8/c1-34(2,3)48-32(45)36-26-14-10-8-6-7-9-13-23-19-35(23,31(43)44)37-29(41)28-18-24(21-40(28)30(26)42)47-33(46)39-17-16-25-22(20-39)12-11-15-27(25)38(4)5/h9,11-13,15,23-24,26,28H,6-8,10,14,16-21H2,1-5H3,(H,36,45)(H,37,41)(H,43,44)/b13-9+/t23-,24-,26+,28+,35-/m1/s1. The molecule has 2 fully saturated rings. The molecule has 5 atom stereocenters. The smallest absolute Gasteiger partial charge is 0.410 e. The highest BCUT2D eigenvalue weighted by molar-refractivity contribution is 5.96. The molecule has 1 saturated heterocycles. The number of nitrogens with zero attached hydrogens (tertiary/aromatic N) is 3. The third-order valence-electron chi connectivity index (χ3n) is 9.56. The van der Waals surface area contributed by atoms with Gasteiger partial charge in [-0.25, -0.2) is 14.4 Å². The summed E-state index contributed by atoms with van der Waals surface area (Å²) in [6.07, 6.45) is 5.88. The Bertz CT molecular complexity index is 1450. The van der Waals surface area contributed by atoms with Gasteiger partial charge in [0.2, 0.25) is 11.8 Å². The van der Waals surface area contributed by atoms with Crippen molar-refractivity contribution < 1.29 is 38.6 Å². The lowest BCUT2D eigenvalue weighted by atomic mass is 9.97. The van der Waals surface area contributed by atoms with Crippen LogP contribution in [0.1, 0.15) is 76.8 Å². The number of fused-ring (bicyclic) bond motifs is 3. The van der Waals surface area contributed by atoms with E-state index in [0.717, 1.165) is 30.5 Å². The van der Waals surface area contributed by atoms with E-state index < -0.39 is 59.3 Å². The average molecular weight is 668 g/mol. The zero-order valence-electron chi connectivity index (χ0n) is 28.6. The molecule has 3 N–H and O–H groups in total. The van der Waals surface area contributed by atoms with E-state index in [9.17, 15) is 29.1 Å². The van der Waals surface area contributed by atoms with Crippen LogP contribution in [0.5, 0.6) is 0 Å². The molecule has 4 amide bonds. The molecular formula is C35H49N5O8. The van der Waals surface area contributed by atoms with Crippen LogP contribution in [0.3, 0.4) is 0 Å². The van der Waals surface area contributed by atoms with Gasteiger partial charge in [0.05, 0.1) is 6.54 Å². The number of aliphatic carboxylic acids is 1. The number of nitrogens with one attached hydrogen (secondary N) is 2. The monoisotopic (exact) mass is 667 g/mol. The number of benzene rings is 1. The number of anilines is 1. The Labute approximate surface area is 282 Å². The largest absolute Gasteiger partial charge is 0.479 e. The predicted octanol–water partition coefficient (Wildman–Crippen LogP) is 3.59. The maximum absolute atomic E-state index is 14.2. The van der Waals surface area contributed by atoms with Crippen molar-refractivity contribution in [1.29, 1.82) is 0 Å². The minimum atomic E-state index is -1.46. The van der Waals surface area contributed by atoms with Crippen LogP contribution in [0.15, 0.2) is 30.4 Å². The summed E-state index contributed by atoms with van der Waals surface area (Å²) in [6, 6.07) is 3.91. The number of carbonyl (C=O) groups excluding carboxylic acids is 4. The Morgan fingerprint density at radius 2 is 1.90 bits per heavy atom. The van der Waals surface area contributed by atoms with Crippen LogP contribution in [0.2, 0.25) is 0 Å². The molecule has 1 aromatic rings. The Kier molecular flexibility index (Phi) is 10.3. The molecule has 0 aromatic heterocycles. The summed E-state index contributed by atoms with van der Waals surface area (Å²) in [5, 5.41) is 15.5. The van der Waals surface area contributed by atoms with Crippen LogP contribution in [-0.4, -0.2) is 101 Å². The van der Waals surface area contributed by atoms with Crippen molar-refractivity contribution in [3.05, 3.63) is 41.5 Å². The van der Waals surface area contributed by atoms with Crippen molar-refractivity contribution in [1.82, 2.24) is 20.4 Å². The van der Waals surface area contributed by atoms with Gasteiger partial charge in [0, 0.05) is 45.2 Å². The van der Waals surface area contributed by atoms with Gasteiger partial charge in [-0.3, -0.25) is 9.59 Å². The maximum Gasteiger partial charge on any atom is 0.410 e. The van der Waals surface area contributed by atoms with Crippen LogP contribution < -0.4 is 15.5 Å². The number of alkyl carbamates (subject to hydrolysis) is 1. The lowest BCUT2D eigenvalue weighted by Gasteiger charge is -2.31. The summed E-state index contributed by atoms with van der Waals surface area (Å²) in [5.41, 5.74) is 1.07. The molecule has 0 unspecified atom stereocenters. The summed E-state index contributed by atoms with van der Waals surface area (Å²) in [6.45, 7) is 5.92. The van der Waals surface area contributed by atoms with Gasteiger partial charge in [-0.05, 0) is 70.1 Å². The zero-order chi connectivity index (χ0) is 34.8. The van der Waals surface area contributed by atoms with Crippen molar-refractivity contribution in [2.24, 2.45) is 5.92 Å². The molecule has 5 rings (SSSR count). The fourth-order valence-corrected chi connectivity index (χ4v) is 6.98. The number of carboxylic acid groups (broad SMARTS) is 1. The molecule has 13 heteroatoms. The second kappa shape index (κ2) is 14.1. The second-order valence-corrected chi connectivity index (χ2v) is 14.6. The lowest BCUT2D eigenvalue weighted by molar-refractivity contribution is -0.145.